The molecule has 0 radical (unpaired) electrons. The number of H-pyrrole nitrogens is 1. The van der Waals surface area contributed by atoms with E-state index in [1.54, 1.807) is 0 Å². The number of aromatic amines is 1. The number of aromatic nitrogens is 2. The van der Waals surface area contributed by atoms with Crippen LogP contribution >= 0.6 is 0 Å². The van der Waals surface area contributed by atoms with Crippen molar-refractivity contribution in [2.75, 3.05) is 20.1 Å². The molecule has 132 valence electrons. The minimum absolute atomic E-state index is 0.0484. The molecular weight excluding hydrogens is 318 g/mol. The number of nitrogens with zero attached hydrogens (tertiary/aromatic N) is 2. The van der Waals surface area contributed by atoms with Crippen molar-refractivity contribution in [1.82, 2.24) is 25.5 Å². The Labute approximate surface area is 138 Å². The monoisotopic (exact) mass is 339 g/mol. The molecule has 0 saturated heterocycles. The van der Waals surface area contributed by atoms with Crippen LogP contribution in [0.1, 0.15) is 12.1 Å². The van der Waals surface area contributed by atoms with Gasteiger partial charge in [0.05, 0.1) is 12.9 Å². The molecule has 7 N–H and O–H groups in total. The number of nitrogens with two attached hydrogens (primary N) is 1. The Balaban J connectivity index is 2.34. The Morgan fingerprint density at radius 3 is 2.71 bits per heavy atom. The predicted octanol–water partition coefficient (Wildman–Crippen LogP) is -2.15. The Hall–Kier alpha value is -3.11. The Morgan fingerprint density at radius 1 is 1.46 bits per heavy atom. The molecule has 0 saturated carbocycles. The molecule has 1 aromatic rings. The normalized spacial score (nSPS) is 11.4. The number of imidazole rings is 1. The summed E-state index contributed by atoms with van der Waals surface area (Å²) in [7, 11) is 1.49. The standard InChI is InChI=1S/C13H21N7O4/c1-20(13(14)15)6-11(22)17-3-2-10(21)19-9(12(23)24)4-8-5-16-7-18-8/h5,7,9H,2-4,6H2,1H3,(H3,14,15)(H,16,18)(H,17,22)(H,19,21)(H,23,24)/t9-/m0/s1. The lowest BCUT2D eigenvalue weighted by Gasteiger charge is -2.16. The van der Waals surface area contributed by atoms with Crippen LogP contribution in [0.15, 0.2) is 12.5 Å². The molecule has 0 unspecified atom stereocenters. The topological polar surface area (TPSA) is 177 Å². The summed E-state index contributed by atoms with van der Waals surface area (Å²) in [6.45, 7) is -0.0542. The lowest BCUT2D eigenvalue weighted by Crippen LogP contribution is -2.44. The fourth-order valence-electron chi connectivity index (χ4n) is 1.75. The zero-order chi connectivity index (χ0) is 18.1. The first kappa shape index (κ1) is 18.9. The number of likely N-dealkylation sites (N-methyl/N-ethyl adjacent to an activating group) is 1. The quantitative estimate of drug-likeness (QED) is 0.219. The number of carboxylic acids is 1. The highest BCUT2D eigenvalue weighted by Gasteiger charge is 2.20. The summed E-state index contributed by atoms with van der Waals surface area (Å²) < 4.78 is 0. The average Bonchev–Trinajstić information content (AvgIpc) is 2.99. The second-order valence-corrected chi connectivity index (χ2v) is 5.08. The molecular formula is C13H21N7O4. The van der Waals surface area contributed by atoms with Gasteiger partial charge in [0.25, 0.3) is 0 Å². The second kappa shape index (κ2) is 9.12. The van der Waals surface area contributed by atoms with Crippen LogP contribution in [0.3, 0.4) is 0 Å². The van der Waals surface area contributed by atoms with Gasteiger partial charge in [-0.25, -0.2) is 9.78 Å². The first-order chi connectivity index (χ1) is 11.3. The molecule has 1 heterocycles. The molecule has 11 nitrogen and oxygen atoms in total. The molecule has 0 aromatic carbocycles. The van der Waals surface area contributed by atoms with Crippen molar-refractivity contribution >= 4 is 23.7 Å². The van der Waals surface area contributed by atoms with Crippen molar-refractivity contribution in [1.29, 1.82) is 5.41 Å². The van der Waals surface area contributed by atoms with Crippen LogP contribution in [0, 0.1) is 5.41 Å². The van der Waals surface area contributed by atoms with Gasteiger partial charge in [0.1, 0.15) is 6.04 Å². The summed E-state index contributed by atoms with van der Waals surface area (Å²) >= 11 is 0. The summed E-state index contributed by atoms with van der Waals surface area (Å²) in [5, 5.41) is 21.1. The highest BCUT2D eigenvalue weighted by Crippen LogP contribution is 1.99. The number of rotatable bonds is 9. The number of carbonyl (C=O) groups excluding carboxylic acids is 2. The number of carboxylic acid groups (broad SMARTS) is 1. The highest BCUT2D eigenvalue weighted by molar-refractivity contribution is 5.85. The third-order valence-corrected chi connectivity index (χ3v) is 3.08. The van der Waals surface area contributed by atoms with Gasteiger partial charge in [-0.2, -0.15) is 0 Å². The summed E-state index contributed by atoms with van der Waals surface area (Å²) in [6, 6.07) is -1.09. The predicted molar refractivity (Wildman–Crippen MR) is 84.0 cm³/mol. The molecule has 0 aliphatic heterocycles. The van der Waals surface area contributed by atoms with E-state index in [9.17, 15) is 14.4 Å². The molecule has 1 atom stereocenters. The fraction of sp³-hybridized carbons (Fsp3) is 0.462. The van der Waals surface area contributed by atoms with E-state index in [1.807, 2.05) is 0 Å². The average molecular weight is 339 g/mol. The maximum absolute atomic E-state index is 11.8. The van der Waals surface area contributed by atoms with Crippen LogP contribution in [-0.4, -0.2) is 69.9 Å². The van der Waals surface area contributed by atoms with Crippen molar-refractivity contribution in [2.24, 2.45) is 5.73 Å². The third kappa shape index (κ3) is 6.77. The van der Waals surface area contributed by atoms with Crippen LogP contribution in [-0.2, 0) is 20.8 Å². The van der Waals surface area contributed by atoms with Crippen LogP contribution in [0.5, 0.6) is 0 Å². The molecule has 0 aliphatic carbocycles. The smallest absolute Gasteiger partial charge is 0.326 e. The van der Waals surface area contributed by atoms with Crippen molar-refractivity contribution < 1.29 is 19.5 Å². The van der Waals surface area contributed by atoms with Crippen molar-refractivity contribution in [2.45, 2.75) is 18.9 Å². The van der Waals surface area contributed by atoms with Crippen molar-refractivity contribution in [3.05, 3.63) is 18.2 Å². The molecule has 0 spiro atoms. The van der Waals surface area contributed by atoms with E-state index in [4.69, 9.17) is 16.2 Å². The largest absolute Gasteiger partial charge is 0.480 e. The van der Waals surface area contributed by atoms with Gasteiger partial charge in [-0.1, -0.05) is 0 Å². The van der Waals surface area contributed by atoms with Gasteiger partial charge in [0.15, 0.2) is 5.96 Å². The molecule has 0 fully saturated rings. The van der Waals surface area contributed by atoms with E-state index in [0.717, 1.165) is 0 Å². The Kier molecular flexibility index (Phi) is 7.20. The van der Waals surface area contributed by atoms with E-state index in [2.05, 4.69) is 20.6 Å². The van der Waals surface area contributed by atoms with E-state index in [0.29, 0.717) is 5.69 Å². The van der Waals surface area contributed by atoms with E-state index in [1.165, 1.54) is 24.5 Å². The number of amides is 2. The molecule has 11 heteroatoms. The molecule has 24 heavy (non-hydrogen) atoms. The number of nitrogens with one attached hydrogen (secondary N) is 4. The Morgan fingerprint density at radius 2 is 2.17 bits per heavy atom. The van der Waals surface area contributed by atoms with Gasteiger partial charge in [-0.15, -0.1) is 0 Å². The molecule has 0 aliphatic rings. The maximum atomic E-state index is 11.8. The third-order valence-electron chi connectivity index (χ3n) is 3.08. The number of guanidine groups is 1. The fourth-order valence-corrected chi connectivity index (χ4v) is 1.75. The molecule has 1 rings (SSSR count). The number of hydrogen-bond acceptors (Lipinski definition) is 5. The minimum Gasteiger partial charge on any atom is -0.480 e. The van der Waals surface area contributed by atoms with Crippen LogP contribution < -0.4 is 16.4 Å². The molecule has 0 bridgehead atoms. The summed E-state index contributed by atoms with van der Waals surface area (Å²) in [4.78, 5) is 42.3. The number of aliphatic carboxylic acids is 1. The molecule has 2 amide bonds. The van der Waals surface area contributed by atoms with Gasteiger partial charge in [0, 0.05) is 38.3 Å². The molecule has 1 aromatic heterocycles. The number of hydrogen-bond donors (Lipinski definition) is 6. The number of carbonyl (C=O) groups is 3. The zero-order valence-corrected chi connectivity index (χ0v) is 13.2. The minimum atomic E-state index is -1.16. The summed E-state index contributed by atoms with van der Waals surface area (Å²) in [6.07, 6.45) is 2.91. The summed E-state index contributed by atoms with van der Waals surface area (Å²) in [5.41, 5.74) is 5.79. The van der Waals surface area contributed by atoms with Crippen molar-refractivity contribution in [3.8, 4) is 0 Å². The first-order valence-electron chi connectivity index (χ1n) is 7.11. The highest BCUT2D eigenvalue weighted by atomic mass is 16.4. The second-order valence-electron chi connectivity index (χ2n) is 5.08. The van der Waals surface area contributed by atoms with Crippen LogP contribution in [0.25, 0.3) is 0 Å². The van der Waals surface area contributed by atoms with E-state index >= 15 is 0 Å². The van der Waals surface area contributed by atoms with E-state index in [-0.39, 0.29) is 31.9 Å². The van der Waals surface area contributed by atoms with Gasteiger partial charge >= 0.3 is 5.97 Å². The Bertz CT molecular complexity index is 587. The van der Waals surface area contributed by atoms with Gasteiger partial charge in [0.2, 0.25) is 11.8 Å². The lowest BCUT2D eigenvalue weighted by atomic mass is 10.1. The van der Waals surface area contributed by atoms with Crippen LogP contribution in [0.2, 0.25) is 0 Å². The van der Waals surface area contributed by atoms with E-state index < -0.39 is 23.8 Å². The first-order valence-corrected chi connectivity index (χ1v) is 7.11. The van der Waals surface area contributed by atoms with Crippen LogP contribution in [0.4, 0.5) is 0 Å². The van der Waals surface area contributed by atoms with Gasteiger partial charge in [-0.05, 0) is 0 Å². The SMILES string of the molecule is CN(CC(=O)NCCC(=O)N[C@@H](Cc1cnc[nH]1)C(=O)O)C(=N)N. The zero-order valence-electron chi connectivity index (χ0n) is 13.2. The van der Waals surface area contributed by atoms with Crippen molar-refractivity contribution in [3.63, 3.8) is 0 Å². The van der Waals surface area contributed by atoms with Gasteiger partial charge in [-0.3, -0.25) is 15.0 Å². The maximum Gasteiger partial charge on any atom is 0.326 e. The lowest BCUT2D eigenvalue weighted by molar-refractivity contribution is -0.141. The summed E-state index contributed by atoms with van der Waals surface area (Å²) in [5.74, 6) is -2.30. The van der Waals surface area contributed by atoms with Gasteiger partial charge < -0.3 is 31.4 Å².